The number of aliphatic hydroxyl groups excluding tert-OH is 1. The lowest BCUT2D eigenvalue weighted by Crippen LogP contribution is -2.37. The van der Waals surface area contributed by atoms with Gasteiger partial charge in [-0.25, -0.2) is 0 Å². The lowest BCUT2D eigenvalue weighted by Gasteiger charge is -2.12. The molecule has 31 heavy (non-hydrogen) atoms. The molecule has 0 saturated carbocycles. The number of benzene rings is 1. The van der Waals surface area contributed by atoms with Gasteiger partial charge >= 0.3 is 5.97 Å². The van der Waals surface area contributed by atoms with Crippen LogP contribution in [0.15, 0.2) is 35.3 Å². The van der Waals surface area contributed by atoms with E-state index in [0.717, 1.165) is 31.2 Å². The van der Waals surface area contributed by atoms with Crippen molar-refractivity contribution in [1.29, 1.82) is 0 Å². The minimum atomic E-state index is -1.04. The summed E-state index contributed by atoms with van der Waals surface area (Å²) in [7, 11) is 0. The molecule has 0 aliphatic heterocycles. The van der Waals surface area contributed by atoms with Crippen LogP contribution >= 0.6 is 0 Å². The minimum Gasteiger partial charge on any atom is -0.460 e. The molecule has 1 atom stereocenters. The molecule has 0 aliphatic carbocycles. The normalized spacial score (nSPS) is 11.3. The molecule has 1 aromatic rings. The van der Waals surface area contributed by atoms with Gasteiger partial charge < -0.3 is 31.9 Å². The van der Waals surface area contributed by atoms with Crippen LogP contribution in [0.2, 0.25) is 0 Å². The summed E-state index contributed by atoms with van der Waals surface area (Å²) in [6.45, 7) is 0.386. The first-order valence-electron chi connectivity index (χ1n) is 10.3. The molecule has 0 heterocycles. The first kappa shape index (κ1) is 25.9. The molecule has 0 bridgehead atoms. The Labute approximate surface area is 182 Å². The number of carbonyl (C=O) groups is 3. The largest absolute Gasteiger partial charge is 0.460 e. The highest BCUT2D eigenvalue weighted by atomic mass is 16.5. The van der Waals surface area contributed by atoms with E-state index < -0.39 is 18.0 Å². The Morgan fingerprint density at radius 3 is 2.42 bits per heavy atom. The predicted molar refractivity (Wildman–Crippen MR) is 117 cm³/mol. The number of nitrogens with one attached hydrogen (secondary N) is 2. The highest BCUT2D eigenvalue weighted by Crippen LogP contribution is 2.03. The molecule has 0 aliphatic rings. The summed E-state index contributed by atoms with van der Waals surface area (Å²) in [6.07, 6.45) is 2.44. The fourth-order valence-electron chi connectivity index (χ4n) is 2.60. The van der Waals surface area contributed by atoms with Crippen molar-refractivity contribution in [2.24, 2.45) is 16.5 Å². The third-order valence-electron chi connectivity index (χ3n) is 4.23. The average molecular weight is 436 g/mol. The van der Waals surface area contributed by atoms with E-state index in [4.69, 9.17) is 16.2 Å². The molecule has 10 nitrogen and oxygen atoms in total. The van der Waals surface area contributed by atoms with Crippen LogP contribution in [0.25, 0.3) is 0 Å². The summed E-state index contributed by atoms with van der Waals surface area (Å²) in [5.41, 5.74) is 11.3. The van der Waals surface area contributed by atoms with Crippen molar-refractivity contribution in [3.8, 4) is 0 Å². The lowest BCUT2D eigenvalue weighted by molar-refractivity contribution is -0.145. The zero-order chi connectivity index (χ0) is 22.9. The van der Waals surface area contributed by atoms with Gasteiger partial charge in [0, 0.05) is 19.5 Å². The number of unbranched alkanes of at least 4 members (excludes halogenated alkanes) is 3. The molecule has 0 fully saturated rings. The van der Waals surface area contributed by atoms with E-state index in [2.05, 4.69) is 15.6 Å². The van der Waals surface area contributed by atoms with Crippen LogP contribution in [0.3, 0.4) is 0 Å². The number of aliphatic imine (C=N–C) groups is 1. The second-order valence-electron chi connectivity index (χ2n) is 7.06. The molecular formula is C21H33N5O5. The Hall–Kier alpha value is -3.14. The van der Waals surface area contributed by atoms with Crippen molar-refractivity contribution in [3.05, 3.63) is 35.9 Å². The molecule has 1 rings (SSSR count). The van der Waals surface area contributed by atoms with Gasteiger partial charge in [-0.15, -0.1) is 0 Å². The summed E-state index contributed by atoms with van der Waals surface area (Å²) in [4.78, 5) is 39.1. The van der Waals surface area contributed by atoms with Crippen molar-refractivity contribution in [2.75, 3.05) is 19.6 Å². The molecule has 0 radical (unpaired) electrons. The second-order valence-corrected chi connectivity index (χ2v) is 7.06. The number of nitrogens with two attached hydrogens (primary N) is 2. The van der Waals surface area contributed by atoms with Crippen molar-refractivity contribution >= 4 is 23.7 Å². The lowest BCUT2D eigenvalue weighted by atomic mass is 10.1. The third kappa shape index (κ3) is 14.5. The van der Waals surface area contributed by atoms with E-state index in [-0.39, 0.29) is 38.0 Å². The zero-order valence-electron chi connectivity index (χ0n) is 17.7. The van der Waals surface area contributed by atoms with E-state index >= 15 is 0 Å². The Kier molecular flexibility index (Phi) is 13.1. The van der Waals surface area contributed by atoms with Crippen LogP contribution in [0.4, 0.5) is 0 Å². The van der Waals surface area contributed by atoms with Gasteiger partial charge in [0.15, 0.2) is 5.96 Å². The molecule has 1 unspecified atom stereocenters. The standard InChI is InChI=1S/C21H33N5O5/c22-21(23)24-11-7-2-1-6-10-18(28)25-13-17(27)12-19(29)26-14-20(30)31-15-16-8-4-3-5-9-16/h3-5,8-9,17,27H,1-2,6-7,10-15H2,(H,25,28)(H,26,29)(H4,22,23,24). The van der Waals surface area contributed by atoms with Gasteiger partial charge in [-0.1, -0.05) is 43.2 Å². The second kappa shape index (κ2) is 15.7. The number of aliphatic hydroxyl groups is 1. The number of hydrogen-bond acceptors (Lipinski definition) is 6. The van der Waals surface area contributed by atoms with Crippen LogP contribution in [0.1, 0.15) is 44.1 Å². The van der Waals surface area contributed by atoms with E-state index in [1.54, 1.807) is 0 Å². The van der Waals surface area contributed by atoms with Gasteiger partial charge in [-0.3, -0.25) is 19.4 Å². The van der Waals surface area contributed by atoms with Crippen molar-refractivity contribution in [3.63, 3.8) is 0 Å². The number of hydrogen-bond donors (Lipinski definition) is 5. The number of carbonyl (C=O) groups excluding carboxylic acids is 3. The summed E-state index contributed by atoms with van der Waals surface area (Å²) < 4.78 is 5.05. The van der Waals surface area contributed by atoms with E-state index in [1.165, 1.54) is 0 Å². The van der Waals surface area contributed by atoms with E-state index in [9.17, 15) is 19.5 Å². The fourth-order valence-corrected chi connectivity index (χ4v) is 2.60. The fraction of sp³-hybridized carbons (Fsp3) is 0.524. The first-order chi connectivity index (χ1) is 14.9. The molecule has 7 N–H and O–H groups in total. The van der Waals surface area contributed by atoms with Crippen LogP contribution < -0.4 is 22.1 Å². The topological polar surface area (TPSA) is 169 Å². The molecular weight excluding hydrogens is 402 g/mol. The third-order valence-corrected chi connectivity index (χ3v) is 4.23. The molecule has 1 aromatic carbocycles. The number of ether oxygens (including phenoxy) is 1. The summed E-state index contributed by atoms with van der Waals surface area (Å²) in [6, 6.07) is 9.18. The van der Waals surface area contributed by atoms with Crippen molar-refractivity contribution in [2.45, 2.75) is 51.2 Å². The molecule has 0 spiro atoms. The van der Waals surface area contributed by atoms with Crippen molar-refractivity contribution in [1.82, 2.24) is 10.6 Å². The SMILES string of the molecule is NC(N)=NCCCCCCC(=O)NCC(O)CC(=O)NCC(=O)OCc1ccccc1. The summed E-state index contributed by atoms with van der Waals surface area (Å²) in [5.74, 6) is -1.18. The molecule has 172 valence electrons. The number of amides is 2. The van der Waals surface area contributed by atoms with Gasteiger partial charge in [0.1, 0.15) is 13.2 Å². The Balaban J connectivity index is 2.05. The number of rotatable bonds is 15. The highest BCUT2D eigenvalue weighted by molar-refractivity contribution is 5.82. The summed E-state index contributed by atoms with van der Waals surface area (Å²) >= 11 is 0. The van der Waals surface area contributed by atoms with E-state index in [0.29, 0.717) is 13.0 Å². The Morgan fingerprint density at radius 2 is 1.71 bits per heavy atom. The molecule has 0 aromatic heterocycles. The average Bonchev–Trinajstić information content (AvgIpc) is 2.74. The molecule has 0 saturated heterocycles. The van der Waals surface area contributed by atoms with Gasteiger partial charge in [0.2, 0.25) is 11.8 Å². The summed E-state index contributed by atoms with van der Waals surface area (Å²) in [5, 5.41) is 14.9. The van der Waals surface area contributed by atoms with Gasteiger partial charge in [0.05, 0.1) is 12.5 Å². The Bertz CT molecular complexity index is 707. The number of esters is 1. The number of nitrogens with zero attached hydrogens (tertiary/aromatic N) is 1. The predicted octanol–water partition coefficient (Wildman–Crippen LogP) is -0.0629. The van der Waals surface area contributed by atoms with Crippen LogP contribution in [-0.4, -0.2) is 54.6 Å². The van der Waals surface area contributed by atoms with E-state index in [1.807, 2.05) is 30.3 Å². The molecule has 10 heteroatoms. The minimum absolute atomic E-state index is 0.0325. The smallest absolute Gasteiger partial charge is 0.325 e. The van der Waals surface area contributed by atoms with Crippen LogP contribution in [0, 0.1) is 0 Å². The monoisotopic (exact) mass is 435 g/mol. The van der Waals surface area contributed by atoms with Gasteiger partial charge in [-0.05, 0) is 18.4 Å². The molecule has 2 amide bonds. The maximum absolute atomic E-state index is 11.8. The zero-order valence-corrected chi connectivity index (χ0v) is 17.7. The van der Waals surface area contributed by atoms with Gasteiger partial charge in [0.25, 0.3) is 0 Å². The Morgan fingerprint density at radius 1 is 1.00 bits per heavy atom. The maximum Gasteiger partial charge on any atom is 0.325 e. The highest BCUT2D eigenvalue weighted by Gasteiger charge is 2.13. The maximum atomic E-state index is 11.8. The first-order valence-corrected chi connectivity index (χ1v) is 10.3. The van der Waals surface area contributed by atoms with Crippen molar-refractivity contribution < 1.29 is 24.2 Å². The number of guanidine groups is 1. The van der Waals surface area contributed by atoms with Crippen LogP contribution in [-0.2, 0) is 25.7 Å². The van der Waals surface area contributed by atoms with Crippen LogP contribution in [0.5, 0.6) is 0 Å². The van der Waals surface area contributed by atoms with Gasteiger partial charge in [-0.2, -0.15) is 0 Å². The quantitative estimate of drug-likeness (QED) is 0.111.